The minimum atomic E-state index is -3.05. The molecule has 1 heterocycles. The maximum absolute atomic E-state index is 11.5. The first kappa shape index (κ1) is 22.2. The van der Waals surface area contributed by atoms with Crippen LogP contribution in [-0.2, 0) is 16.4 Å². The Bertz CT molecular complexity index is 629. The van der Waals surface area contributed by atoms with E-state index in [0.29, 0.717) is 19.0 Å². The van der Waals surface area contributed by atoms with Gasteiger partial charge in [0, 0.05) is 33.2 Å². The minimum absolute atomic E-state index is 0. The molecule has 0 bridgehead atoms. The van der Waals surface area contributed by atoms with E-state index in [1.54, 1.807) is 11.4 Å². The minimum Gasteiger partial charge on any atom is -0.356 e. The van der Waals surface area contributed by atoms with Crippen LogP contribution < -0.4 is 10.6 Å². The molecule has 6 nitrogen and oxygen atoms in total. The molecule has 0 aliphatic carbocycles. The van der Waals surface area contributed by atoms with Crippen molar-refractivity contribution in [3.63, 3.8) is 0 Å². The summed E-state index contributed by atoms with van der Waals surface area (Å²) in [4.78, 5) is 4.25. The number of nitrogens with zero attached hydrogens (tertiary/aromatic N) is 2. The Hall–Kier alpha value is -0.870. The number of rotatable bonds is 6. The first-order chi connectivity index (χ1) is 11.5. The number of hydrogen-bond donors (Lipinski definition) is 2. The van der Waals surface area contributed by atoms with Crippen molar-refractivity contribution in [3.8, 4) is 0 Å². The molecule has 1 aromatic rings. The highest BCUT2D eigenvalue weighted by Crippen LogP contribution is 2.18. The smallest absolute Gasteiger partial charge is 0.211 e. The van der Waals surface area contributed by atoms with Gasteiger partial charge in [0.05, 0.1) is 6.26 Å². The van der Waals surface area contributed by atoms with E-state index in [-0.39, 0.29) is 24.0 Å². The number of aliphatic imine (C=N–C) groups is 1. The second-order valence-corrected chi connectivity index (χ2v) is 8.20. The third kappa shape index (κ3) is 7.91. The lowest BCUT2D eigenvalue weighted by molar-refractivity contribution is 0.275. The van der Waals surface area contributed by atoms with Gasteiger partial charge >= 0.3 is 0 Å². The van der Waals surface area contributed by atoms with Crippen molar-refractivity contribution in [1.29, 1.82) is 0 Å². The van der Waals surface area contributed by atoms with Crippen LogP contribution in [0.3, 0.4) is 0 Å². The second kappa shape index (κ2) is 11.0. The van der Waals surface area contributed by atoms with Gasteiger partial charge in [0.1, 0.15) is 0 Å². The Morgan fingerprint density at radius 3 is 2.40 bits per heavy atom. The Morgan fingerprint density at radius 1 is 1.20 bits per heavy atom. The van der Waals surface area contributed by atoms with E-state index in [0.717, 1.165) is 38.3 Å². The fraction of sp³-hybridized carbons (Fsp3) is 0.588. The van der Waals surface area contributed by atoms with Crippen molar-refractivity contribution in [2.45, 2.75) is 19.3 Å². The number of piperidine rings is 1. The van der Waals surface area contributed by atoms with Crippen molar-refractivity contribution in [3.05, 3.63) is 35.9 Å². The van der Waals surface area contributed by atoms with Crippen molar-refractivity contribution >= 4 is 40.0 Å². The van der Waals surface area contributed by atoms with E-state index in [2.05, 4.69) is 27.8 Å². The number of nitrogens with one attached hydrogen (secondary N) is 2. The average Bonchev–Trinajstić information content (AvgIpc) is 2.58. The van der Waals surface area contributed by atoms with Crippen LogP contribution in [-0.4, -0.2) is 58.2 Å². The van der Waals surface area contributed by atoms with Gasteiger partial charge in [-0.3, -0.25) is 4.99 Å². The molecule has 1 fully saturated rings. The molecule has 2 rings (SSSR count). The van der Waals surface area contributed by atoms with Gasteiger partial charge < -0.3 is 10.6 Å². The summed E-state index contributed by atoms with van der Waals surface area (Å²) < 4.78 is 24.6. The van der Waals surface area contributed by atoms with Crippen LogP contribution in [0.5, 0.6) is 0 Å². The Kier molecular flexibility index (Phi) is 9.73. The molecule has 1 aliphatic rings. The fourth-order valence-electron chi connectivity index (χ4n) is 2.88. The molecule has 0 amide bonds. The molecule has 1 saturated heterocycles. The van der Waals surface area contributed by atoms with Gasteiger partial charge in [-0.1, -0.05) is 30.3 Å². The third-order valence-electron chi connectivity index (χ3n) is 4.37. The standard InChI is InChI=1S/C17H28N4O2S.HI/c1-18-17(19-11-8-15-6-4-3-5-7-15)20-14-16-9-12-21(13-10-16)24(2,22)23;/h3-7,16H,8-14H2,1-2H3,(H2,18,19,20);1H. The largest absolute Gasteiger partial charge is 0.356 e. The normalized spacial score (nSPS) is 17.0. The molecule has 0 saturated carbocycles. The fourth-order valence-corrected chi connectivity index (χ4v) is 3.75. The van der Waals surface area contributed by atoms with Crippen molar-refractivity contribution < 1.29 is 8.42 Å². The van der Waals surface area contributed by atoms with Gasteiger partial charge in [0.2, 0.25) is 10.0 Å². The molecule has 0 aromatic heterocycles. The number of guanidine groups is 1. The monoisotopic (exact) mass is 480 g/mol. The van der Waals surface area contributed by atoms with Gasteiger partial charge in [0.15, 0.2) is 5.96 Å². The summed E-state index contributed by atoms with van der Waals surface area (Å²) in [5.41, 5.74) is 1.30. The molecule has 2 N–H and O–H groups in total. The van der Waals surface area contributed by atoms with E-state index >= 15 is 0 Å². The molecule has 8 heteroatoms. The summed E-state index contributed by atoms with van der Waals surface area (Å²) >= 11 is 0. The Labute approximate surface area is 168 Å². The number of benzene rings is 1. The van der Waals surface area contributed by atoms with Crippen LogP contribution >= 0.6 is 24.0 Å². The highest BCUT2D eigenvalue weighted by Gasteiger charge is 2.24. The van der Waals surface area contributed by atoms with Crippen LogP contribution in [0, 0.1) is 5.92 Å². The van der Waals surface area contributed by atoms with E-state index in [4.69, 9.17) is 0 Å². The van der Waals surface area contributed by atoms with Crippen LogP contribution in [0.25, 0.3) is 0 Å². The first-order valence-corrected chi connectivity index (χ1v) is 10.3. The Balaban J connectivity index is 0.00000312. The predicted octanol–water partition coefficient (Wildman–Crippen LogP) is 1.68. The van der Waals surface area contributed by atoms with Gasteiger partial charge in [-0.2, -0.15) is 0 Å². The molecule has 1 aromatic carbocycles. The summed E-state index contributed by atoms with van der Waals surface area (Å²) in [6.07, 6.45) is 4.01. The maximum atomic E-state index is 11.5. The number of sulfonamides is 1. The molecule has 25 heavy (non-hydrogen) atoms. The molecule has 142 valence electrons. The predicted molar refractivity (Wildman–Crippen MR) is 114 cm³/mol. The zero-order valence-corrected chi connectivity index (χ0v) is 18.1. The summed E-state index contributed by atoms with van der Waals surface area (Å²) in [7, 11) is -1.28. The lowest BCUT2D eigenvalue weighted by Gasteiger charge is -2.30. The molecule has 0 atom stereocenters. The maximum Gasteiger partial charge on any atom is 0.211 e. The lowest BCUT2D eigenvalue weighted by Crippen LogP contribution is -2.44. The zero-order chi connectivity index (χ0) is 17.4. The van der Waals surface area contributed by atoms with Gasteiger partial charge in [-0.15, -0.1) is 24.0 Å². The van der Waals surface area contributed by atoms with Crippen LogP contribution in [0.15, 0.2) is 35.3 Å². The van der Waals surface area contributed by atoms with Crippen LogP contribution in [0.1, 0.15) is 18.4 Å². The molecule has 0 spiro atoms. The molecule has 0 radical (unpaired) electrons. The number of hydrogen-bond acceptors (Lipinski definition) is 3. The highest BCUT2D eigenvalue weighted by molar-refractivity contribution is 14.0. The summed E-state index contributed by atoms with van der Waals surface area (Å²) in [5.74, 6) is 1.28. The third-order valence-corrected chi connectivity index (χ3v) is 5.68. The van der Waals surface area contributed by atoms with E-state index in [1.807, 2.05) is 18.2 Å². The summed E-state index contributed by atoms with van der Waals surface area (Å²) in [6.45, 7) is 2.88. The van der Waals surface area contributed by atoms with Crippen molar-refractivity contribution in [2.24, 2.45) is 10.9 Å². The van der Waals surface area contributed by atoms with Crippen LogP contribution in [0.4, 0.5) is 0 Å². The average molecular weight is 480 g/mol. The molecular weight excluding hydrogens is 451 g/mol. The van der Waals surface area contributed by atoms with Gasteiger partial charge in [0.25, 0.3) is 0 Å². The van der Waals surface area contributed by atoms with E-state index in [1.165, 1.54) is 11.8 Å². The van der Waals surface area contributed by atoms with Gasteiger partial charge in [-0.25, -0.2) is 12.7 Å². The summed E-state index contributed by atoms with van der Waals surface area (Å²) in [5, 5.41) is 6.67. The number of halogens is 1. The highest BCUT2D eigenvalue weighted by atomic mass is 127. The second-order valence-electron chi connectivity index (χ2n) is 6.22. The first-order valence-electron chi connectivity index (χ1n) is 8.42. The topological polar surface area (TPSA) is 73.8 Å². The zero-order valence-electron chi connectivity index (χ0n) is 14.9. The Morgan fingerprint density at radius 2 is 1.84 bits per heavy atom. The van der Waals surface area contributed by atoms with Gasteiger partial charge in [-0.05, 0) is 30.7 Å². The molecule has 1 aliphatic heterocycles. The quantitative estimate of drug-likeness (QED) is 0.369. The SMILES string of the molecule is CN=C(NCCc1ccccc1)NCC1CCN(S(C)(=O)=O)CC1.I. The van der Waals surface area contributed by atoms with Crippen molar-refractivity contribution in [2.75, 3.05) is 39.5 Å². The lowest BCUT2D eigenvalue weighted by atomic mass is 9.98. The molecular formula is C17H29IN4O2S. The summed E-state index contributed by atoms with van der Waals surface area (Å²) in [6, 6.07) is 10.4. The van der Waals surface area contributed by atoms with Crippen molar-refractivity contribution in [1.82, 2.24) is 14.9 Å². The van der Waals surface area contributed by atoms with Crippen LogP contribution in [0.2, 0.25) is 0 Å². The molecule has 0 unspecified atom stereocenters. The van der Waals surface area contributed by atoms with E-state index < -0.39 is 10.0 Å². The van der Waals surface area contributed by atoms with E-state index in [9.17, 15) is 8.42 Å².